The quantitative estimate of drug-likeness (QED) is 0.343. The molecule has 2 aliphatic rings. The molecule has 1 saturated heterocycles. The van der Waals surface area contributed by atoms with Gasteiger partial charge >= 0.3 is 12.1 Å². The van der Waals surface area contributed by atoms with Gasteiger partial charge in [-0.2, -0.15) is 0 Å². The standard InChI is InChI=1S/C27H31NO6/c1-18(23(29)27(17-33-27)24(30)34-26(2,3)4)28(22-14-13-20-11-8-12-21(20)15-22)25(31)32-16-19-9-6-5-7-10-19/h5-7,9-10,13-15,18H,8,11-12,16-17H2,1-4H3/t18-,27?/m0/s1. The van der Waals surface area contributed by atoms with Gasteiger partial charge in [-0.3, -0.25) is 9.69 Å². The van der Waals surface area contributed by atoms with Crippen LogP contribution in [0.3, 0.4) is 0 Å². The molecule has 7 nitrogen and oxygen atoms in total. The molecule has 1 unspecified atom stereocenters. The number of hydrogen-bond acceptors (Lipinski definition) is 6. The normalized spacial score (nSPS) is 19.6. The van der Waals surface area contributed by atoms with Crippen molar-refractivity contribution in [2.24, 2.45) is 0 Å². The number of rotatable bonds is 7. The molecular formula is C27H31NO6. The first-order chi connectivity index (χ1) is 16.1. The number of esters is 1. The maximum absolute atomic E-state index is 13.5. The molecule has 0 aromatic heterocycles. The number of fused-ring (bicyclic) bond motifs is 1. The monoisotopic (exact) mass is 465 g/mol. The van der Waals surface area contributed by atoms with Crippen LogP contribution in [0.2, 0.25) is 0 Å². The third-order valence-corrected chi connectivity index (χ3v) is 6.09. The number of carbonyl (C=O) groups excluding carboxylic acids is 3. The molecule has 2 aromatic carbocycles. The van der Waals surface area contributed by atoms with Crippen LogP contribution in [-0.2, 0) is 43.2 Å². The van der Waals surface area contributed by atoms with Crippen molar-refractivity contribution in [2.45, 2.75) is 70.8 Å². The highest BCUT2D eigenvalue weighted by Gasteiger charge is 2.63. The number of Topliss-reactive ketones (excluding diaryl/α,β-unsaturated/α-hetero) is 1. The molecule has 34 heavy (non-hydrogen) atoms. The second-order valence-corrected chi connectivity index (χ2v) is 9.87. The van der Waals surface area contributed by atoms with Gasteiger partial charge in [0.15, 0.2) is 0 Å². The van der Waals surface area contributed by atoms with Crippen LogP contribution in [0.5, 0.6) is 0 Å². The van der Waals surface area contributed by atoms with Crippen LogP contribution < -0.4 is 4.90 Å². The van der Waals surface area contributed by atoms with Crippen molar-refractivity contribution < 1.29 is 28.6 Å². The average molecular weight is 466 g/mol. The predicted molar refractivity (Wildman–Crippen MR) is 127 cm³/mol. The zero-order chi connectivity index (χ0) is 24.5. The first kappa shape index (κ1) is 24.0. The minimum Gasteiger partial charge on any atom is -0.457 e. The van der Waals surface area contributed by atoms with Crippen molar-refractivity contribution in [3.8, 4) is 0 Å². The molecule has 1 amide bonds. The molecule has 0 saturated carbocycles. The third-order valence-electron chi connectivity index (χ3n) is 6.09. The van der Waals surface area contributed by atoms with E-state index >= 15 is 0 Å². The van der Waals surface area contributed by atoms with Crippen molar-refractivity contribution in [1.82, 2.24) is 0 Å². The van der Waals surface area contributed by atoms with Crippen LogP contribution in [0.4, 0.5) is 10.5 Å². The molecule has 1 aliphatic carbocycles. The number of anilines is 1. The number of ketones is 1. The average Bonchev–Trinajstić information content (AvgIpc) is 3.48. The van der Waals surface area contributed by atoms with Gasteiger partial charge in [-0.25, -0.2) is 9.59 Å². The van der Waals surface area contributed by atoms with Crippen molar-refractivity contribution in [3.63, 3.8) is 0 Å². The molecule has 7 heteroatoms. The fourth-order valence-corrected chi connectivity index (χ4v) is 4.23. The number of hydrogen-bond donors (Lipinski definition) is 0. The van der Waals surface area contributed by atoms with Crippen molar-refractivity contribution >= 4 is 23.5 Å². The van der Waals surface area contributed by atoms with E-state index in [1.165, 1.54) is 10.5 Å². The molecular weight excluding hydrogens is 434 g/mol. The van der Waals surface area contributed by atoms with E-state index in [4.69, 9.17) is 14.2 Å². The first-order valence-electron chi connectivity index (χ1n) is 11.6. The second kappa shape index (κ2) is 9.22. The molecule has 180 valence electrons. The molecule has 1 heterocycles. The molecule has 0 spiro atoms. The lowest BCUT2D eigenvalue weighted by molar-refractivity contribution is -0.164. The van der Waals surface area contributed by atoms with E-state index in [0.717, 1.165) is 30.4 Å². The van der Waals surface area contributed by atoms with Crippen LogP contribution in [0.1, 0.15) is 50.8 Å². The Morgan fingerprint density at radius 2 is 1.74 bits per heavy atom. The molecule has 2 atom stereocenters. The minimum atomic E-state index is -1.69. The summed E-state index contributed by atoms with van der Waals surface area (Å²) in [5.74, 6) is -1.26. The summed E-state index contributed by atoms with van der Waals surface area (Å²) in [6, 6.07) is 14.1. The van der Waals surface area contributed by atoms with E-state index in [9.17, 15) is 14.4 Å². The summed E-state index contributed by atoms with van der Waals surface area (Å²) in [7, 11) is 0. The first-order valence-corrected chi connectivity index (χ1v) is 11.6. The van der Waals surface area contributed by atoms with Crippen LogP contribution in [0, 0.1) is 0 Å². The molecule has 1 aliphatic heterocycles. The van der Waals surface area contributed by atoms with E-state index in [1.54, 1.807) is 27.7 Å². The minimum absolute atomic E-state index is 0.0652. The van der Waals surface area contributed by atoms with Gasteiger partial charge in [-0.1, -0.05) is 36.4 Å². The van der Waals surface area contributed by atoms with E-state index < -0.39 is 35.1 Å². The molecule has 2 aromatic rings. The Morgan fingerprint density at radius 1 is 1.06 bits per heavy atom. The number of aryl methyl sites for hydroxylation is 2. The molecule has 4 rings (SSSR count). The molecule has 0 radical (unpaired) electrons. The summed E-state index contributed by atoms with van der Waals surface area (Å²) < 4.78 is 16.4. The number of carbonyl (C=O) groups is 3. The Kier molecular flexibility index (Phi) is 6.49. The van der Waals surface area contributed by atoms with E-state index in [2.05, 4.69) is 0 Å². The Balaban J connectivity index is 1.60. The number of benzene rings is 2. The van der Waals surface area contributed by atoms with E-state index in [0.29, 0.717) is 5.69 Å². The van der Waals surface area contributed by atoms with Gasteiger partial charge in [0.05, 0.1) is 12.6 Å². The van der Waals surface area contributed by atoms with Crippen molar-refractivity contribution in [2.75, 3.05) is 11.5 Å². The molecule has 1 fully saturated rings. The third kappa shape index (κ3) is 4.99. The maximum atomic E-state index is 13.5. The van der Waals surface area contributed by atoms with Gasteiger partial charge in [0.1, 0.15) is 12.2 Å². The maximum Gasteiger partial charge on any atom is 0.415 e. The van der Waals surface area contributed by atoms with Gasteiger partial charge in [0.25, 0.3) is 0 Å². The lowest BCUT2D eigenvalue weighted by atomic mass is 9.97. The van der Waals surface area contributed by atoms with Crippen molar-refractivity contribution in [3.05, 3.63) is 65.2 Å². The van der Waals surface area contributed by atoms with Crippen LogP contribution in [0.15, 0.2) is 48.5 Å². The number of amides is 1. The summed E-state index contributed by atoms with van der Waals surface area (Å²) in [5.41, 5.74) is 1.33. The van der Waals surface area contributed by atoms with Gasteiger partial charge in [0, 0.05) is 5.69 Å². The topological polar surface area (TPSA) is 85.4 Å². The summed E-state index contributed by atoms with van der Waals surface area (Å²) in [5, 5.41) is 0. The number of ether oxygens (including phenoxy) is 3. The highest BCUT2D eigenvalue weighted by Crippen LogP contribution is 2.36. The number of epoxide rings is 1. The highest BCUT2D eigenvalue weighted by atomic mass is 16.7. The molecule has 0 bridgehead atoms. The fourth-order valence-electron chi connectivity index (χ4n) is 4.23. The SMILES string of the molecule is C[C@@H](C(=O)C1(C(=O)OC(C)(C)C)CO1)N(C(=O)OCc1ccccc1)c1ccc2c(c1)CCC2. The summed E-state index contributed by atoms with van der Waals surface area (Å²) in [6.07, 6.45) is 2.31. The molecule has 0 N–H and O–H groups in total. The Bertz CT molecular complexity index is 1080. The Hall–Kier alpha value is -3.19. The smallest absolute Gasteiger partial charge is 0.415 e. The lowest BCUT2D eigenvalue weighted by Gasteiger charge is -2.30. The van der Waals surface area contributed by atoms with Gasteiger partial charge in [-0.15, -0.1) is 0 Å². The summed E-state index contributed by atoms with van der Waals surface area (Å²) in [6.45, 7) is 6.77. The van der Waals surface area contributed by atoms with E-state index in [1.807, 2.05) is 48.5 Å². The predicted octanol–water partition coefficient (Wildman–Crippen LogP) is 4.39. The largest absolute Gasteiger partial charge is 0.457 e. The Labute approximate surface area is 200 Å². The fraction of sp³-hybridized carbons (Fsp3) is 0.444. The summed E-state index contributed by atoms with van der Waals surface area (Å²) in [4.78, 5) is 40.9. The van der Waals surface area contributed by atoms with Gasteiger partial charge < -0.3 is 14.2 Å². The van der Waals surface area contributed by atoms with Crippen LogP contribution in [0.25, 0.3) is 0 Å². The highest BCUT2D eigenvalue weighted by molar-refractivity contribution is 6.14. The zero-order valence-electron chi connectivity index (χ0n) is 20.1. The van der Waals surface area contributed by atoms with Gasteiger partial charge in [0.2, 0.25) is 11.4 Å². The zero-order valence-corrected chi connectivity index (χ0v) is 20.1. The van der Waals surface area contributed by atoms with Crippen LogP contribution in [-0.4, -0.2) is 41.7 Å². The second-order valence-electron chi connectivity index (χ2n) is 9.87. The summed E-state index contributed by atoms with van der Waals surface area (Å²) >= 11 is 0. The Morgan fingerprint density at radius 3 is 2.38 bits per heavy atom. The van der Waals surface area contributed by atoms with Crippen molar-refractivity contribution in [1.29, 1.82) is 0 Å². The number of nitrogens with zero attached hydrogens (tertiary/aromatic N) is 1. The lowest BCUT2D eigenvalue weighted by Crippen LogP contribution is -2.52. The van der Waals surface area contributed by atoms with E-state index in [-0.39, 0.29) is 13.2 Å². The van der Waals surface area contributed by atoms with Crippen LogP contribution >= 0.6 is 0 Å². The van der Waals surface area contributed by atoms with Gasteiger partial charge in [-0.05, 0) is 75.8 Å².